The molecule has 0 heterocycles. The average molecular weight is 439 g/mol. The molecule has 0 saturated heterocycles. The molecule has 3 aromatic carbocycles. The molecule has 0 atom stereocenters. The van der Waals surface area contributed by atoms with Crippen molar-refractivity contribution < 1.29 is 14.3 Å². The molecule has 0 aromatic heterocycles. The van der Waals surface area contributed by atoms with E-state index in [-0.39, 0.29) is 18.3 Å². The van der Waals surface area contributed by atoms with Crippen LogP contribution in [0.4, 0.5) is 11.4 Å². The van der Waals surface area contributed by atoms with Gasteiger partial charge in [0, 0.05) is 15.6 Å². The Labute approximate surface area is 171 Å². The first-order valence-corrected chi connectivity index (χ1v) is 9.41. The molecule has 0 radical (unpaired) electrons. The lowest BCUT2D eigenvalue weighted by atomic mass is 10.0. The highest BCUT2D eigenvalue weighted by Gasteiger charge is 2.12. The minimum atomic E-state index is -0.313. The first-order chi connectivity index (χ1) is 13.4. The van der Waals surface area contributed by atoms with Gasteiger partial charge in [-0.25, -0.2) is 0 Å². The number of halogens is 1. The molecule has 3 rings (SSSR count). The minimum absolute atomic E-state index is 0.0700. The minimum Gasteiger partial charge on any atom is -0.483 e. The van der Waals surface area contributed by atoms with Crippen LogP contribution in [0.15, 0.2) is 71.2 Å². The number of ketones is 1. The number of hydrogen-bond acceptors (Lipinski definition) is 4. The first-order valence-electron chi connectivity index (χ1n) is 8.62. The van der Waals surface area contributed by atoms with Crippen molar-refractivity contribution in [2.24, 2.45) is 0 Å². The summed E-state index contributed by atoms with van der Waals surface area (Å²) in [5, 5.41) is 2.71. The third kappa shape index (κ3) is 4.78. The van der Waals surface area contributed by atoms with Gasteiger partial charge in [-0.15, -0.1) is 0 Å². The molecule has 142 valence electrons. The van der Waals surface area contributed by atoms with Crippen LogP contribution in [0.1, 0.15) is 21.5 Å². The topological polar surface area (TPSA) is 81.4 Å². The number of nitrogens with one attached hydrogen (secondary N) is 1. The number of nitrogens with two attached hydrogens (primary N) is 1. The highest BCUT2D eigenvalue weighted by molar-refractivity contribution is 9.10. The zero-order valence-electron chi connectivity index (χ0n) is 15.2. The van der Waals surface area contributed by atoms with E-state index in [4.69, 9.17) is 10.5 Å². The Bertz CT molecular complexity index is 1020. The van der Waals surface area contributed by atoms with Gasteiger partial charge in [0.25, 0.3) is 5.91 Å². The van der Waals surface area contributed by atoms with Crippen molar-refractivity contribution in [1.29, 1.82) is 0 Å². The van der Waals surface area contributed by atoms with Gasteiger partial charge in [-0.2, -0.15) is 0 Å². The second-order valence-electron chi connectivity index (χ2n) is 6.24. The zero-order valence-corrected chi connectivity index (χ0v) is 16.8. The van der Waals surface area contributed by atoms with Gasteiger partial charge in [0.15, 0.2) is 12.4 Å². The van der Waals surface area contributed by atoms with Crippen molar-refractivity contribution in [1.82, 2.24) is 0 Å². The number of ether oxygens (including phenoxy) is 1. The number of para-hydroxylation sites is 2. The summed E-state index contributed by atoms with van der Waals surface area (Å²) in [7, 11) is 0. The van der Waals surface area contributed by atoms with Crippen LogP contribution >= 0.6 is 15.9 Å². The molecular weight excluding hydrogens is 420 g/mol. The van der Waals surface area contributed by atoms with Crippen molar-refractivity contribution in [2.75, 3.05) is 17.7 Å². The normalized spacial score (nSPS) is 10.4. The number of nitrogen functional groups attached to an aromatic ring is 1. The Hall–Kier alpha value is -3.12. The molecule has 0 unspecified atom stereocenters. The molecule has 5 nitrogen and oxygen atoms in total. The van der Waals surface area contributed by atoms with Crippen LogP contribution in [-0.4, -0.2) is 18.3 Å². The van der Waals surface area contributed by atoms with Crippen LogP contribution in [0.5, 0.6) is 5.75 Å². The van der Waals surface area contributed by atoms with Gasteiger partial charge in [0.1, 0.15) is 5.75 Å². The van der Waals surface area contributed by atoms with Crippen LogP contribution in [0.2, 0.25) is 0 Å². The van der Waals surface area contributed by atoms with E-state index in [0.29, 0.717) is 28.3 Å². The van der Waals surface area contributed by atoms with E-state index in [1.165, 1.54) is 0 Å². The van der Waals surface area contributed by atoms with Gasteiger partial charge in [-0.3, -0.25) is 9.59 Å². The average Bonchev–Trinajstić information content (AvgIpc) is 2.69. The van der Waals surface area contributed by atoms with E-state index in [0.717, 1.165) is 10.0 Å². The summed E-state index contributed by atoms with van der Waals surface area (Å²) in [4.78, 5) is 24.7. The summed E-state index contributed by atoms with van der Waals surface area (Å²) in [5.41, 5.74) is 8.79. The fourth-order valence-corrected chi connectivity index (χ4v) is 2.93. The third-order valence-electron chi connectivity index (χ3n) is 4.14. The lowest BCUT2D eigenvalue weighted by Crippen LogP contribution is -2.21. The second kappa shape index (κ2) is 8.71. The number of anilines is 2. The molecule has 0 bridgehead atoms. The van der Waals surface area contributed by atoms with E-state index in [9.17, 15) is 9.59 Å². The molecule has 0 saturated carbocycles. The predicted octanol–water partition coefficient (Wildman–Crippen LogP) is 4.59. The van der Waals surface area contributed by atoms with Gasteiger partial charge >= 0.3 is 0 Å². The van der Waals surface area contributed by atoms with E-state index in [1.54, 1.807) is 54.6 Å². The number of aryl methyl sites for hydroxylation is 1. The Balaban J connectivity index is 1.64. The largest absolute Gasteiger partial charge is 0.483 e. The fourth-order valence-electron chi connectivity index (χ4n) is 2.66. The highest BCUT2D eigenvalue weighted by Crippen LogP contribution is 2.22. The lowest BCUT2D eigenvalue weighted by Gasteiger charge is -2.12. The molecule has 3 aromatic rings. The monoisotopic (exact) mass is 438 g/mol. The summed E-state index contributed by atoms with van der Waals surface area (Å²) < 4.78 is 6.51. The Morgan fingerprint density at radius 3 is 2.36 bits per heavy atom. The van der Waals surface area contributed by atoms with E-state index < -0.39 is 0 Å². The molecule has 0 fully saturated rings. The Morgan fingerprint density at radius 2 is 1.68 bits per heavy atom. The summed E-state index contributed by atoms with van der Waals surface area (Å²) in [6, 6.07) is 19.4. The number of rotatable bonds is 6. The SMILES string of the molecule is Cc1cc(C(=O)c2ccc(Br)cc2)ccc1OCC(=O)Nc1ccccc1N. The van der Waals surface area contributed by atoms with Crippen LogP contribution in [0.3, 0.4) is 0 Å². The third-order valence-corrected chi connectivity index (χ3v) is 4.67. The summed E-state index contributed by atoms with van der Waals surface area (Å²) in [6.07, 6.45) is 0. The first kappa shape index (κ1) is 19.6. The van der Waals surface area contributed by atoms with Gasteiger partial charge in [0.2, 0.25) is 0 Å². The Morgan fingerprint density at radius 1 is 1.00 bits per heavy atom. The summed E-state index contributed by atoms with van der Waals surface area (Å²) in [6.45, 7) is 1.68. The zero-order chi connectivity index (χ0) is 20.1. The standard InChI is InChI=1S/C22H19BrN2O3/c1-14-12-16(22(27)15-6-9-17(23)10-7-15)8-11-20(14)28-13-21(26)25-19-5-3-2-4-18(19)24/h2-12H,13,24H2,1H3,(H,25,26). The smallest absolute Gasteiger partial charge is 0.262 e. The molecule has 0 spiro atoms. The Kier molecular flexibility index (Phi) is 6.11. The second-order valence-corrected chi connectivity index (χ2v) is 7.16. The number of hydrogen-bond donors (Lipinski definition) is 2. The van der Waals surface area contributed by atoms with Crippen LogP contribution in [0, 0.1) is 6.92 Å². The van der Waals surface area contributed by atoms with E-state index in [2.05, 4.69) is 21.2 Å². The summed E-state index contributed by atoms with van der Waals surface area (Å²) in [5.74, 6) is 0.162. The van der Waals surface area contributed by atoms with E-state index in [1.807, 2.05) is 19.1 Å². The molecular formula is C22H19BrN2O3. The maximum absolute atomic E-state index is 12.6. The maximum atomic E-state index is 12.6. The number of benzene rings is 3. The molecule has 3 N–H and O–H groups in total. The summed E-state index contributed by atoms with van der Waals surface area (Å²) >= 11 is 3.36. The molecule has 28 heavy (non-hydrogen) atoms. The predicted molar refractivity (Wildman–Crippen MR) is 114 cm³/mol. The van der Waals surface area contributed by atoms with Gasteiger partial charge in [-0.1, -0.05) is 28.1 Å². The maximum Gasteiger partial charge on any atom is 0.262 e. The van der Waals surface area contributed by atoms with Gasteiger partial charge in [-0.05, 0) is 67.1 Å². The fraction of sp³-hybridized carbons (Fsp3) is 0.0909. The number of amides is 1. The molecule has 0 aliphatic heterocycles. The van der Waals surface area contributed by atoms with Gasteiger partial charge in [0.05, 0.1) is 11.4 Å². The molecule has 6 heteroatoms. The van der Waals surface area contributed by atoms with Crippen LogP contribution in [-0.2, 0) is 4.79 Å². The van der Waals surface area contributed by atoms with Crippen molar-refractivity contribution in [3.8, 4) is 5.75 Å². The van der Waals surface area contributed by atoms with Gasteiger partial charge < -0.3 is 15.8 Å². The van der Waals surface area contributed by atoms with Crippen molar-refractivity contribution in [3.05, 3.63) is 87.9 Å². The highest BCUT2D eigenvalue weighted by atomic mass is 79.9. The van der Waals surface area contributed by atoms with Crippen LogP contribution < -0.4 is 15.8 Å². The molecule has 0 aliphatic carbocycles. The van der Waals surface area contributed by atoms with Crippen molar-refractivity contribution in [2.45, 2.75) is 6.92 Å². The quantitative estimate of drug-likeness (QED) is 0.435. The van der Waals surface area contributed by atoms with E-state index >= 15 is 0 Å². The van der Waals surface area contributed by atoms with Crippen LogP contribution in [0.25, 0.3) is 0 Å². The number of carbonyl (C=O) groups is 2. The molecule has 1 amide bonds. The number of carbonyl (C=O) groups excluding carboxylic acids is 2. The van der Waals surface area contributed by atoms with Crippen molar-refractivity contribution >= 4 is 39.0 Å². The molecule has 0 aliphatic rings. The van der Waals surface area contributed by atoms with Crippen molar-refractivity contribution in [3.63, 3.8) is 0 Å². The lowest BCUT2D eigenvalue weighted by molar-refractivity contribution is -0.118.